The van der Waals surface area contributed by atoms with Crippen molar-refractivity contribution in [1.82, 2.24) is 14.7 Å². The summed E-state index contributed by atoms with van der Waals surface area (Å²) in [5.74, 6) is 0.326. The van der Waals surface area contributed by atoms with Gasteiger partial charge < -0.3 is 20.7 Å². The van der Waals surface area contributed by atoms with Crippen LogP contribution in [-0.2, 0) is 11.3 Å². The van der Waals surface area contributed by atoms with Crippen LogP contribution in [0.3, 0.4) is 0 Å². The van der Waals surface area contributed by atoms with E-state index in [-0.39, 0.29) is 6.04 Å². The van der Waals surface area contributed by atoms with Crippen LogP contribution in [0.1, 0.15) is 24.2 Å². The molecule has 7 heteroatoms. The first-order valence-electron chi connectivity index (χ1n) is 6.22. The van der Waals surface area contributed by atoms with Crippen molar-refractivity contribution in [1.29, 1.82) is 0 Å². The molecule has 0 aliphatic carbocycles. The van der Waals surface area contributed by atoms with E-state index in [0.29, 0.717) is 23.7 Å². The average molecular weight is 269 g/mol. The molecule has 7 nitrogen and oxygen atoms in total. The zero-order valence-electron chi connectivity index (χ0n) is 12.2. The van der Waals surface area contributed by atoms with E-state index in [1.807, 2.05) is 32.8 Å². The third-order valence-corrected chi connectivity index (χ3v) is 2.57. The van der Waals surface area contributed by atoms with Crippen LogP contribution >= 0.6 is 0 Å². The molecular weight excluding hydrogens is 246 g/mol. The summed E-state index contributed by atoms with van der Waals surface area (Å²) in [4.78, 5) is 13.8. The summed E-state index contributed by atoms with van der Waals surface area (Å²) in [6.07, 6.45) is 0. The number of methoxy groups -OCH3 is 1. The van der Waals surface area contributed by atoms with E-state index >= 15 is 0 Å². The molecule has 0 radical (unpaired) electrons. The number of hydrogen-bond acceptors (Lipinski definition) is 6. The molecule has 0 bridgehead atoms. The van der Waals surface area contributed by atoms with Crippen molar-refractivity contribution in [2.75, 3.05) is 38.8 Å². The Morgan fingerprint density at radius 1 is 1.53 bits per heavy atom. The first kappa shape index (κ1) is 15.3. The van der Waals surface area contributed by atoms with Crippen molar-refractivity contribution in [3.8, 4) is 0 Å². The van der Waals surface area contributed by atoms with E-state index in [4.69, 9.17) is 10.5 Å². The lowest BCUT2D eigenvalue weighted by molar-refractivity contribution is 0.0603. The second kappa shape index (κ2) is 6.42. The highest BCUT2D eigenvalue weighted by atomic mass is 16.5. The van der Waals surface area contributed by atoms with Gasteiger partial charge in [0.2, 0.25) is 0 Å². The van der Waals surface area contributed by atoms with Crippen LogP contribution in [0, 0.1) is 0 Å². The summed E-state index contributed by atoms with van der Waals surface area (Å²) in [7, 11) is 5.26. The molecule has 0 aromatic carbocycles. The van der Waals surface area contributed by atoms with Gasteiger partial charge in [-0.1, -0.05) is 0 Å². The number of aromatic nitrogens is 2. The second-order valence-corrected chi connectivity index (χ2v) is 4.93. The minimum atomic E-state index is -0.475. The number of nitrogens with zero attached hydrogens (tertiary/aromatic N) is 3. The lowest BCUT2D eigenvalue weighted by atomic mass is 10.3. The summed E-state index contributed by atoms with van der Waals surface area (Å²) in [5, 5.41) is 7.45. The molecule has 1 rings (SSSR count). The van der Waals surface area contributed by atoms with E-state index in [0.717, 1.165) is 6.54 Å². The average Bonchev–Trinajstić information content (AvgIpc) is 2.61. The molecule has 0 unspecified atom stereocenters. The SMILES string of the molecule is COC(=O)c1c(NC(C)C)nn(CCN(C)C)c1N. The van der Waals surface area contributed by atoms with Crippen LogP contribution < -0.4 is 11.1 Å². The summed E-state index contributed by atoms with van der Waals surface area (Å²) in [6, 6.07) is 0.153. The highest BCUT2D eigenvalue weighted by molar-refractivity contribution is 5.99. The van der Waals surface area contributed by atoms with Gasteiger partial charge in [-0.2, -0.15) is 5.10 Å². The zero-order chi connectivity index (χ0) is 14.6. The highest BCUT2D eigenvalue weighted by Crippen LogP contribution is 2.23. The predicted molar refractivity (Wildman–Crippen MR) is 75.3 cm³/mol. The van der Waals surface area contributed by atoms with Crippen LogP contribution in [-0.4, -0.2) is 54.4 Å². The van der Waals surface area contributed by atoms with Crippen molar-refractivity contribution in [2.45, 2.75) is 26.4 Å². The third kappa shape index (κ3) is 3.85. The van der Waals surface area contributed by atoms with Crippen molar-refractivity contribution < 1.29 is 9.53 Å². The number of nitrogens with two attached hydrogens (primary N) is 1. The lowest BCUT2D eigenvalue weighted by Gasteiger charge is -2.10. The Kier molecular flexibility index (Phi) is 5.17. The first-order chi connectivity index (χ1) is 8.86. The van der Waals surface area contributed by atoms with Gasteiger partial charge in [0, 0.05) is 12.6 Å². The molecule has 0 saturated carbocycles. The molecule has 1 aromatic rings. The summed E-state index contributed by atoms with van der Waals surface area (Å²) in [5.41, 5.74) is 6.28. The number of nitrogen functional groups attached to an aromatic ring is 1. The van der Waals surface area contributed by atoms with E-state index in [2.05, 4.69) is 10.4 Å². The van der Waals surface area contributed by atoms with Crippen LogP contribution in [0.4, 0.5) is 11.6 Å². The molecule has 19 heavy (non-hydrogen) atoms. The molecule has 0 aliphatic heterocycles. The number of nitrogens with one attached hydrogen (secondary N) is 1. The molecule has 0 saturated heterocycles. The van der Waals surface area contributed by atoms with Crippen LogP contribution in [0.25, 0.3) is 0 Å². The van der Waals surface area contributed by atoms with Crippen molar-refractivity contribution >= 4 is 17.6 Å². The quantitative estimate of drug-likeness (QED) is 0.737. The largest absolute Gasteiger partial charge is 0.465 e. The number of likely N-dealkylation sites (N-methyl/N-ethyl adjacent to an activating group) is 1. The minimum absolute atomic E-state index is 0.153. The standard InChI is InChI=1S/C12H23N5O2/c1-8(2)14-11-9(12(18)19-5)10(13)17(15-11)7-6-16(3)4/h8H,6-7,13H2,1-5H3,(H,14,15). The maximum absolute atomic E-state index is 11.8. The second-order valence-electron chi connectivity index (χ2n) is 4.93. The fourth-order valence-electron chi connectivity index (χ4n) is 1.62. The maximum Gasteiger partial charge on any atom is 0.345 e. The van der Waals surface area contributed by atoms with Gasteiger partial charge in [-0.3, -0.25) is 0 Å². The van der Waals surface area contributed by atoms with E-state index in [1.165, 1.54) is 7.11 Å². The van der Waals surface area contributed by atoms with Crippen LogP contribution in [0.15, 0.2) is 0 Å². The Balaban J connectivity index is 3.07. The third-order valence-electron chi connectivity index (χ3n) is 2.57. The molecule has 1 aromatic heterocycles. The molecule has 108 valence electrons. The van der Waals surface area contributed by atoms with E-state index < -0.39 is 5.97 Å². The van der Waals surface area contributed by atoms with Crippen LogP contribution in [0.2, 0.25) is 0 Å². The summed E-state index contributed by atoms with van der Waals surface area (Å²) >= 11 is 0. The number of anilines is 2. The number of carbonyl (C=O) groups is 1. The molecule has 0 spiro atoms. The summed E-state index contributed by atoms with van der Waals surface area (Å²) < 4.78 is 6.38. The number of carbonyl (C=O) groups excluding carboxylic acids is 1. The van der Waals surface area contributed by atoms with Crippen LogP contribution in [0.5, 0.6) is 0 Å². The number of hydrogen-bond donors (Lipinski definition) is 2. The number of esters is 1. The van der Waals surface area contributed by atoms with Gasteiger partial charge in [0.15, 0.2) is 5.82 Å². The summed E-state index contributed by atoms with van der Waals surface area (Å²) in [6.45, 7) is 5.34. The van der Waals surface area contributed by atoms with Crippen molar-refractivity contribution in [3.63, 3.8) is 0 Å². The molecule has 0 amide bonds. The smallest absolute Gasteiger partial charge is 0.345 e. The molecule has 0 fully saturated rings. The van der Waals surface area contributed by atoms with Gasteiger partial charge in [-0.25, -0.2) is 9.48 Å². The zero-order valence-corrected chi connectivity index (χ0v) is 12.2. The highest BCUT2D eigenvalue weighted by Gasteiger charge is 2.23. The van der Waals surface area contributed by atoms with Crippen molar-refractivity contribution in [3.05, 3.63) is 5.56 Å². The Bertz CT molecular complexity index is 440. The van der Waals surface area contributed by atoms with Gasteiger partial charge >= 0.3 is 5.97 Å². The minimum Gasteiger partial charge on any atom is -0.465 e. The topological polar surface area (TPSA) is 85.4 Å². The first-order valence-corrected chi connectivity index (χ1v) is 6.22. The fourth-order valence-corrected chi connectivity index (χ4v) is 1.62. The Labute approximate surface area is 113 Å². The predicted octanol–water partition coefficient (Wildman–Crippen LogP) is 0.634. The van der Waals surface area contributed by atoms with Gasteiger partial charge in [0.05, 0.1) is 13.7 Å². The number of rotatable bonds is 6. The molecule has 1 heterocycles. The fraction of sp³-hybridized carbons (Fsp3) is 0.667. The lowest BCUT2D eigenvalue weighted by Crippen LogP contribution is -2.20. The van der Waals surface area contributed by atoms with Gasteiger partial charge in [0.25, 0.3) is 0 Å². The Morgan fingerprint density at radius 2 is 2.16 bits per heavy atom. The molecule has 3 N–H and O–H groups in total. The van der Waals surface area contributed by atoms with Gasteiger partial charge in [-0.05, 0) is 27.9 Å². The number of ether oxygens (including phenoxy) is 1. The molecule has 0 aliphatic rings. The Morgan fingerprint density at radius 3 is 2.63 bits per heavy atom. The van der Waals surface area contributed by atoms with Crippen molar-refractivity contribution in [2.24, 2.45) is 0 Å². The van der Waals surface area contributed by atoms with Gasteiger partial charge in [-0.15, -0.1) is 0 Å². The van der Waals surface area contributed by atoms with E-state index in [9.17, 15) is 4.79 Å². The monoisotopic (exact) mass is 269 g/mol. The molecule has 0 atom stereocenters. The van der Waals surface area contributed by atoms with Gasteiger partial charge in [0.1, 0.15) is 11.4 Å². The van der Waals surface area contributed by atoms with E-state index in [1.54, 1.807) is 4.68 Å². The molecular formula is C12H23N5O2. The maximum atomic E-state index is 11.8. The Hall–Kier alpha value is -1.76. The normalized spacial score (nSPS) is 11.1.